The third-order valence-electron chi connectivity index (χ3n) is 5.15. The van der Waals surface area contributed by atoms with Gasteiger partial charge in [0.1, 0.15) is 0 Å². The van der Waals surface area contributed by atoms with Crippen molar-refractivity contribution in [2.75, 3.05) is 18.9 Å². The molecule has 6 nitrogen and oxygen atoms in total. The Balaban J connectivity index is 0.00000320. The SMILES string of the molecule is CN=C(NCCc1ncc(C)s1)NCc1cccc(NC(=O)C2CCCCC2)c1.I. The fraction of sp³-hybridized carbons (Fsp3) is 0.500. The number of aliphatic imine (C=N–C) groups is 1. The van der Waals surface area contributed by atoms with Crippen molar-refractivity contribution >= 4 is 52.9 Å². The number of guanidine groups is 1. The zero-order valence-corrected chi connectivity index (χ0v) is 20.9. The summed E-state index contributed by atoms with van der Waals surface area (Å²) in [5, 5.41) is 10.9. The van der Waals surface area contributed by atoms with Crippen LogP contribution in [-0.2, 0) is 17.8 Å². The molecule has 1 aliphatic rings. The van der Waals surface area contributed by atoms with Gasteiger partial charge in [-0.25, -0.2) is 4.98 Å². The fourth-order valence-corrected chi connectivity index (χ4v) is 4.37. The van der Waals surface area contributed by atoms with Crippen LogP contribution in [0.1, 0.15) is 47.6 Å². The molecule has 0 atom stereocenters. The number of thiazole rings is 1. The van der Waals surface area contributed by atoms with Crippen molar-refractivity contribution in [1.82, 2.24) is 15.6 Å². The standard InChI is InChI=1S/C22H31N5OS.HI/c1-16-14-25-20(29-16)11-12-24-22(23-2)26-15-17-7-6-10-19(13-17)27-21(28)18-8-4-3-5-9-18;/h6-7,10,13-14,18H,3-5,8-9,11-12,15H2,1-2H3,(H,27,28)(H2,23,24,26);1H. The lowest BCUT2D eigenvalue weighted by Gasteiger charge is -2.21. The highest BCUT2D eigenvalue weighted by Crippen LogP contribution is 2.25. The van der Waals surface area contributed by atoms with E-state index in [0.717, 1.165) is 60.9 Å². The van der Waals surface area contributed by atoms with Crippen LogP contribution >= 0.6 is 35.3 Å². The Kier molecular flexibility index (Phi) is 10.6. The zero-order chi connectivity index (χ0) is 20.5. The number of anilines is 1. The van der Waals surface area contributed by atoms with E-state index in [1.807, 2.05) is 24.4 Å². The average Bonchev–Trinajstić information content (AvgIpc) is 3.16. The fourth-order valence-electron chi connectivity index (χ4n) is 3.58. The normalized spacial score (nSPS) is 14.7. The molecule has 1 heterocycles. The summed E-state index contributed by atoms with van der Waals surface area (Å²) >= 11 is 1.73. The van der Waals surface area contributed by atoms with Gasteiger partial charge in [0, 0.05) is 49.2 Å². The second-order valence-electron chi connectivity index (χ2n) is 7.49. The van der Waals surface area contributed by atoms with Gasteiger partial charge in [0.05, 0.1) is 5.01 Å². The van der Waals surface area contributed by atoms with Crippen molar-refractivity contribution in [1.29, 1.82) is 0 Å². The number of nitrogens with zero attached hydrogens (tertiary/aromatic N) is 2. The van der Waals surface area contributed by atoms with Gasteiger partial charge in [-0.2, -0.15) is 0 Å². The predicted molar refractivity (Wildman–Crippen MR) is 136 cm³/mol. The van der Waals surface area contributed by atoms with Gasteiger partial charge < -0.3 is 16.0 Å². The average molecular weight is 542 g/mol. The minimum absolute atomic E-state index is 0. The minimum Gasteiger partial charge on any atom is -0.356 e. The lowest BCUT2D eigenvalue weighted by atomic mass is 9.88. The van der Waals surface area contributed by atoms with E-state index in [1.54, 1.807) is 18.4 Å². The molecule has 0 spiro atoms. The second kappa shape index (κ2) is 12.9. The van der Waals surface area contributed by atoms with Gasteiger partial charge in [0.2, 0.25) is 5.91 Å². The third-order valence-corrected chi connectivity index (χ3v) is 6.13. The maximum Gasteiger partial charge on any atom is 0.227 e. The van der Waals surface area contributed by atoms with Gasteiger partial charge in [-0.1, -0.05) is 31.4 Å². The van der Waals surface area contributed by atoms with Crippen LogP contribution in [0.3, 0.4) is 0 Å². The van der Waals surface area contributed by atoms with E-state index in [9.17, 15) is 4.79 Å². The number of carbonyl (C=O) groups excluding carboxylic acids is 1. The Morgan fingerprint density at radius 1 is 1.23 bits per heavy atom. The van der Waals surface area contributed by atoms with Gasteiger partial charge in [0.25, 0.3) is 0 Å². The summed E-state index contributed by atoms with van der Waals surface area (Å²) in [5.74, 6) is 1.08. The molecule has 0 bridgehead atoms. The quantitative estimate of drug-likeness (QED) is 0.274. The molecule has 2 aromatic rings. The number of carbonyl (C=O) groups is 1. The summed E-state index contributed by atoms with van der Waals surface area (Å²) in [6, 6.07) is 8.01. The van der Waals surface area contributed by atoms with Crippen LogP contribution in [0.4, 0.5) is 5.69 Å². The van der Waals surface area contributed by atoms with Crippen LogP contribution in [-0.4, -0.2) is 30.4 Å². The summed E-state index contributed by atoms with van der Waals surface area (Å²) in [6.07, 6.45) is 8.39. The summed E-state index contributed by atoms with van der Waals surface area (Å²) < 4.78 is 0. The maximum absolute atomic E-state index is 12.5. The van der Waals surface area contributed by atoms with Crippen LogP contribution in [0.5, 0.6) is 0 Å². The molecule has 3 rings (SSSR count). The number of hydrogen-bond donors (Lipinski definition) is 3. The minimum atomic E-state index is 0. The van der Waals surface area contributed by atoms with Crippen molar-refractivity contribution in [3.05, 3.63) is 45.9 Å². The lowest BCUT2D eigenvalue weighted by molar-refractivity contribution is -0.120. The van der Waals surface area contributed by atoms with Crippen LogP contribution in [0.2, 0.25) is 0 Å². The largest absolute Gasteiger partial charge is 0.356 e. The topological polar surface area (TPSA) is 78.4 Å². The Bertz CT molecular complexity index is 832. The number of aromatic nitrogens is 1. The van der Waals surface area contributed by atoms with E-state index >= 15 is 0 Å². The number of aryl methyl sites for hydroxylation is 1. The first-order valence-corrected chi connectivity index (χ1v) is 11.2. The highest BCUT2D eigenvalue weighted by molar-refractivity contribution is 14.0. The molecule has 164 valence electrons. The van der Waals surface area contributed by atoms with Crippen molar-refractivity contribution in [2.45, 2.75) is 52.0 Å². The van der Waals surface area contributed by atoms with Crippen molar-refractivity contribution in [2.24, 2.45) is 10.9 Å². The van der Waals surface area contributed by atoms with Crippen molar-refractivity contribution in [3.8, 4) is 0 Å². The third kappa shape index (κ3) is 7.86. The van der Waals surface area contributed by atoms with Gasteiger partial charge in [-0.15, -0.1) is 35.3 Å². The van der Waals surface area contributed by atoms with Crippen LogP contribution in [0.15, 0.2) is 35.5 Å². The van der Waals surface area contributed by atoms with Gasteiger partial charge in [-0.05, 0) is 37.5 Å². The highest BCUT2D eigenvalue weighted by atomic mass is 127. The predicted octanol–water partition coefficient (Wildman–Crippen LogP) is 4.50. The molecule has 0 aliphatic heterocycles. The molecule has 30 heavy (non-hydrogen) atoms. The lowest BCUT2D eigenvalue weighted by Crippen LogP contribution is -2.37. The van der Waals surface area contributed by atoms with E-state index in [0.29, 0.717) is 6.54 Å². The molecule has 1 amide bonds. The molecule has 1 fully saturated rings. The van der Waals surface area contributed by atoms with E-state index in [1.165, 1.54) is 11.3 Å². The summed E-state index contributed by atoms with van der Waals surface area (Å²) in [6.45, 7) is 3.49. The number of amides is 1. The van der Waals surface area contributed by atoms with Crippen LogP contribution < -0.4 is 16.0 Å². The number of nitrogens with one attached hydrogen (secondary N) is 3. The van der Waals surface area contributed by atoms with Crippen molar-refractivity contribution in [3.63, 3.8) is 0 Å². The first-order chi connectivity index (χ1) is 14.1. The number of rotatable bonds is 7. The molecule has 0 radical (unpaired) electrons. The summed E-state index contributed by atoms with van der Waals surface area (Å²) in [4.78, 5) is 22.4. The van der Waals surface area contributed by atoms with Gasteiger partial charge >= 0.3 is 0 Å². The number of hydrogen-bond acceptors (Lipinski definition) is 4. The van der Waals surface area contributed by atoms with E-state index in [2.05, 4.69) is 38.9 Å². The first-order valence-electron chi connectivity index (χ1n) is 10.4. The summed E-state index contributed by atoms with van der Waals surface area (Å²) in [7, 11) is 1.77. The number of benzene rings is 1. The van der Waals surface area contributed by atoms with Crippen LogP contribution in [0.25, 0.3) is 0 Å². The van der Waals surface area contributed by atoms with Crippen LogP contribution in [0, 0.1) is 12.8 Å². The smallest absolute Gasteiger partial charge is 0.227 e. The monoisotopic (exact) mass is 541 g/mol. The van der Waals surface area contributed by atoms with E-state index in [-0.39, 0.29) is 35.8 Å². The Hall–Kier alpha value is -1.68. The molecular weight excluding hydrogens is 509 g/mol. The second-order valence-corrected chi connectivity index (χ2v) is 8.81. The summed E-state index contributed by atoms with van der Waals surface area (Å²) in [5.41, 5.74) is 1.96. The van der Waals surface area contributed by atoms with E-state index < -0.39 is 0 Å². The molecule has 1 aromatic heterocycles. The van der Waals surface area contributed by atoms with E-state index in [4.69, 9.17) is 0 Å². The highest BCUT2D eigenvalue weighted by Gasteiger charge is 2.21. The molecule has 0 unspecified atom stereocenters. The molecule has 1 aliphatic carbocycles. The first kappa shape index (κ1) is 24.6. The molecule has 8 heteroatoms. The Labute approximate surface area is 200 Å². The number of halogens is 1. The molecule has 0 saturated heterocycles. The maximum atomic E-state index is 12.5. The Morgan fingerprint density at radius 3 is 2.73 bits per heavy atom. The zero-order valence-electron chi connectivity index (χ0n) is 17.7. The molecular formula is C22H32IN5OS. The molecule has 1 aromatic carbocycles. The van der Waals surface area contributed by atoms with Gasteiger partial charge in [0.15, 0.2) is 5.96 Å². The van der Waals surface area contributed by atoms with Crippen molar-refractivity contribution < 1.29 is 4.79 Å². The molecule has 3 N–H and O–H groups in total. The Morgan fingerprint density at radius 2 is 2.03 bits per heavy atom. The molecule has 1 saturated carbocycles. The van der Waals surface area contributed by atoms with Gasteiger partial charge in [-0.3, -0.25) is 9.79 Å².